The van der Waals surface area contributed by atoms with Crippen molar-refractivity contribution in [3.8, 4) is 0 Å². The van der Waals surface area contributed by atoms with E-state index in [0.29, 0.717) is 11.7 Å². The van der Waals surface area contributed by atoms with E-state index in [0.717, 1.165) is 31.9 Å². The van der Waals surface area contributed by atoms with E-state index in [9.17, 15) is 4.79 Å². The second kappa shape index (κ2) is 11.7. The van der Waals surface area contributed by atoms with E-state index in [1.807, 2.05) is 0 Å². The number of carbonyl (C=O) groups is 1. The lowest BCUT2D eigenvalue weighted by Gasteiger charge is -2.19. The molecule has 0 unspecified atom stereocenters. The molecule has 9 heteroatoms. The molecule has 29 heavy (non-hydrogen) atoms. The fourth-order valence-electron chi connectivity index (χ4n) is 3.22. The van der Waals surface area contributed by atoms with Crippen LogP contribution in [0.2, 0.25) is 0 Å². The van der Waals surface area contributed by atoms with Gasteiger partial charge < -0.3 is 5.32 Å². The number of nitrogens with zero attached hydrogens (tertiary/aromatic N) is 3. The Balaban J connectivity index is 0.00000210. The minimum Gasteiger partial charge on any atom is -0.365 e. The third kappa shape index (κ3) is 6.97. The quantitative estimate of drug-likeness (QED) is 0.363. The van der Waals surface area contributed by atoms with Gasteiger partial charge in [-0.25, -0.2) is 10.5 Å². The molecule has 0 radical (unpaired) electrons. The first-order valence-corrected chi connectivity index (χ1v) is 9.03. The lowest BCUT2D eigenvalue weighted by atomic mass is 10.0. The number of hydrogen-bond donors (Lipinski definition) is 3. The standard InChI is InChI=1S/C20H25N5O2.2ClH/c1-14-4-3-5-16(15(14)2)12-25-9-8-18(13-25)23-19-11-21-17(10-22-19)6-7-20(26)24-27;;/h3-7,10-11,18,27H,8-9,12-13H2,1-2H3,(H,22,23)(H,24,26);2*1H/b7-6+;;/t18-;;/m1../s1. The van der Waals surface area contributed by atoms with Crippen molar-refractivity contribution in [2.24, 2.45) is 0 Å². The van der Waals surface area contributed by atoms with Gasteiger partial charge in [0.2, 0.25) is 0 Å². The Hall–Kier alpha value is -2.19. The molecule has 1 amide bonds. The van der Waals surface area contributed by atoms with Crippen LogP contribution in [0.3, 0.4) is 0 Å². The van der Waals surface area contributed by atoms with Crippen LogP contribution in [0, 0.1) is 13.8 Å². The summed E-state index contributed by atoms with van der Waals surface area (Å²) in [6.07, 6.45) is 6.99. The number of aromatic nitrogens is 2. The highest BCUT2D eigenvalue weighted by atomic mass is 35.5. The summed E-state index contributed by atoms with van der Waals surface area (Å²) in [4.78, 5) is 22.0. The monoisotopic (exact) mass is 439 g/mol. The Morgan fingerprint density at radius 3 is 2.76 bits per heavy atom. The van der Waals surface area contributed by atoms with E-state index in [1.54, 1.807) is 12.4 Å². The molecular formula is C20H27Cl2N5O2. The maximum atomic E-state index is 11.0. The number of nitrogens with one attached hydrogen (secondary N) is 2. The largest absolute Gasteiger partial charge is 0.365 e. The van der Waals surface area contributed by atoms with Crippen LogP contribution in [-0.2, 0) is 11.3 Å². The normalized spacial score (nSPS) is 16.2. The summed E-state index contributed by atoms with van der Waals surface area (Å²) in [7, 11) is 0. The van der Waals surface area contributed by atoms with Gasteiger partial charge >= 0.3 is 0 Å². The van der Waals surface area contributed by atoms with Gasteiger partial charge in [-0.2, -0.15) is 0 Å². The first kappa shape index (κ1) is 24.8. The second-order valence-electron chi connectivity index (χ2n) is 6.86. The number of hydroxylamine groups is 1. The van der Waals surface area contributed by atoms with Crippen molar-refractivity contribution in [2.45, 2.75) is 32.9 Å². The summed E-state index contributed by atoms with van der Waals surface area (Å²) >= 11 is 0. The third-order valence-corrected chi connectivity index (χ3v) is 4.92. The number of anilines is 1. The summed E-state index contributed by atoms with van der Waals surface area (Å²) in [5, 5.41) is 11.9. The Morgan fingerprint density at radius 1 is 1.28 bits per heavy atom. The summed E-state index contributed by atoms with van der Waals surface area (Å²) in [5.41, 5.74) is 6.18. The summed E-state index contributed by atoms with van der Waals surface area (Å²) in [6, 6.07) is 6.82. The van der Waals surface area contributed by atoms with Crippen LogP contribution in [0.1, 0.15) is 28.8 Å². The van der Waals surface area contributed by atoms with Crippen molar-refractivity contribution in [2.75, 3.05) is 18.4 Å². The van der Waals surface area contributed by atoms with Gasteiger partial charge in [-0.3, -0.25) is 19.9 Å². The van der Waals surface area contributed by atoms with Crippen LogP contribution in [0.4, 0.5) is 5.82 Å². The van der Waals surface area contributed by atoms with Crippen molar-refractivity contribution < 1.29 is 10.0 Å². The zero-order valence-electron chi connectivity index (χ0n) is 16.5. The van der Waals surface area contributed by atoms with Crippen LogP contribution < -0.4 is 10.8 Å². The first-order chi connectivity index (χ1) is 13.0. The van der Waals surface area contributed by atoms with E-state index in [-0.39, 0.29) is 24.8 Å². The van der Waals surface area contributed by atoms with Gasteiger partial charge in [0.1, 0.15) is 5.82 Å². The number of aryl methyl sites for hydroxylation is 1. The molecule has 0 aliphatic carbocycles. The fraction of sp³-hybridized carbons (Fsp3) is 0.350. The van der Waals surface area contributed by atoms with Crippen LogP contribution in [0.25, 0.3) is 6.08 Å². The fourth-order valence-corrected chi connectivity index (χ4v) is 3.22. The Bertz CT molecular complexity index is 830. The maximum absolute atomic E-state index is 11.0. The highest BCUT2D eigenvalue weighted by Crippen LogP contribution is 2.20. The smallest absolute Gasteiger partial charge is 0.267 e. The number of likely N-dealkylation sites (tertiary alicyclic amines) is 1. The molecule has 1 aliphatic heterocycles. The van der Waals surface area contributed by atoms with E-state index in [4.69, 9.17) is 5.21 Å². The molecule has 3 N–H and O–H groups in total. The molecule has 0 saturated carbocycles. The van der Waals surface area contributed by atoms with Gasteiger partial charge in [-0.15, -0.1) is 24.8 Å². The molecule has 2 aromatic rings. The first-order valence-electron chi connectivity index (χ1n) is 9.03. The zero-order valence-corrected chi connectivity index (χ0v) is 18.1. The van der Waals surface area contributed by atoms with E-state index in [2.05, 4.69) is 52.2 Å². The molecule has 2 heterocycles. The molecule has 158 valence electrons. The predicted octanol–water partition coefficient (Wildman–Crippen LogP) is 3.14. The highest BCUT2D eigenvalue weighted by molar-refractivity contribution is 5.90. The highest BCUT2D eigenvalue weighted by Gasteiger charge is 2.23. The molecule has 1 fully saturated rings. The van der Waals surface area contributed by atoms with E-state index >= 15 is 0 Å². The number of halogens is 2. The number of carbonyl (C=O) groups excluding carboxylic acids is 1. The Kier molecular flexibility index (Phi) is 10.0. The number of hydrogen-bond acceptors (Lipinski definition) is 6. The van der Waals surface area contributed by atoms with Gasteiger partial charge in [-0.1, -0.05) is 18.2 Å². The zero-order chi connectivity index (χ0) is 19.2. The van der Waals surface area contributed by atoms with Crippen LogP contribution in [0.5, 0.6) is 0 Å². The average Bonchev–Trinajstić information content (AvgIpc) is 3.11. The summed E-state index contributed by atoms with van der Waals surface area (Å²) in [6.45, 7) is 7.32. The predicted molar refractivity (Wildman–Crippen MR) is 119 cm³/mol. The van der Waals surface area contributed by atoms with Crippen LogP contribution >= 0.6 is 24.8 Å². The molecule has 1 saturated heterocycles. The van der Waals surface area contributed by atoms with E-state index in [1.165, 1.54) is 34.3 Å². The van der Waals surface area contributed by atoms with Crippen molar-refractivity contribution >= 4 is 42.6 Å². The molecule has 0 bridgehead atoms. The van der Waals surface area contributed by atoms with Crippen LogP contribution in [0.15, 0.2) is 36.7 Å². The van der Waals surface area contributed by atoms with Crippen molar-refractivity contribution in [3.05, 3.63) is 59.1 Å². The Morgan fingerprint density at radius 2 is 2.07 bits per heavy atom. The number of benzene rings is 1. The van der Waals surface area contributed by atoms with Crippen molar-refractivity contribution in [1.82, 2.24) is 20.3 Å². The summed E-state index contributed by atoms with van der Waals surface area (Å²) < 4.78 is 0. The van der Waals surface area contributed by atoms with Gasteiger partial charge in [0, 0.05) is 31.8 Å². The van der Waals surface area contributed by atoms with E-state index < -0.39 is 5.91 Å². The molecule has 1 aromatic carbocycles. The molecule has 1 aliphatic rings. The van der Waals surface area contributed by atoms with Crippen molar-refractivity contribution in [3.63, 3.8) is 0 Å². The average molecular weight is 440 g/mol. The molecule has 7 nitrogen and oxygen atoms in total. The number of amides is 1. The lowest BCUT2D eigenvalue weighted by Crippen LogP contribution is -2.26. The third-order valence-electron chi connectivity index (χ3n) is 4.92. The summed E-state index contributed by atoms with van der Waals surface area (Å²) in [5.74, 6) is 0.117. The number of rotatable bonds is 6. The topological polar surface area (TPSA) is 90.4 Å². The van der Waals surface area contributed by atoms with Crippen LogP contribution in [-0.4, -0.2) is 45.1 Å². The van der Waals surface area contributed by atoms with Gasteiger partial charge in [-0.05, 0) is 43.0 Å². The SMILES string of the molecule is Cc1cccc(CN2CC[C@@H](Nc3cnc(/C=C/C(=O)NO)cn3)C2)c1C.Cl.Cl. The molecule has 3 rings (SSSR count). The van der Waals surface area contributed by atoms with Crippen molar-refractivity contribution in [1.29, 1.82) is 0 Å². The van der Waals surface area contributed by atoms with Gasteiger partial charge in [0.05, 0.1) is 18.1 Å². The molecular weight excluding hydrogens is 413 g/mol. The molecule has 1 atom stereocenters. The Labute approximate surface area is 183 Å². The molecule has 0 spiro atoms. The second-order valence-corrected chi connectivity index (χ2v) is 6.86. The van der Waals surface area contributed by atoms with Gasteiger partial charge in [0.25, 0.3) is 5.91 Å². The minimum absolute atomic E-state index is 0. The lowest BCUT2D eigenvalue weighted by molar-refractivity contribution is -0.124. The van der Waals surface area contributed by atoms with Gasteiger partial charge in [0.15, 0.2) is 0 Å². The molecule has 1 aromatic heterocycles. The minimum atomic E-state index is -0.603. The maximum Gasteiger partial charge on any atom is 0.267 e.